The first-order chi connectivity index (χ1) is 8.23. The molecule has 1 rings (SSSR count). The molecular weight excluding hydrogens is 315 g/mol. The molecule has 1 aromatic rings. The molecule has 9 heteroatoms. The molecule has 0 aromatic heterocycles. The minimum atomic E-state index is -4.88. The number of rotatable bonds is 3. The molecule has 0 saturated heterocycles. The summed E-state index contributed by atoms with van der Waals surface area (Å²) in [5.74, 6) is -0.707. The summed E-state index contributed by atoms with van der Waals surface area (Å²) in [6.45, 7) is 0. The summed E-state index contributed by atoms with van der Waals surface area (Å²) in [5.41, 5.74) is 5.41. The second-order valence-corrected chi connectivity index (χ2v) is 4.08. The molecule has 3 nitrogen and oxygen atoms in total. The third kappa shape index (κ3) is 4.44. The molecule has 0 bridgehead atoms. The van der Waals surface area contributed by atoms with Crippen molar-refractivity contribution >= 4 is 46.3 Å². The lowest BCUT2D eigenvalue weighted by atomic mass is 10.3. The van der Waals surface area contributed by atoms with Crippen molar-refractivity contribution in [3.63, 3.8) is 0 Å². The molecule has 100 valence electrons. The van der Waals surface area contributed by atoms with Crippen molar-refractivity contribution in [1.82, 2.24) is 0 Å². The van der Waals surface area contributed by atoms with Gasteiger partial charge < -0.3 is 10.5 Å². The van der Waals surface area contributed by atoms with Crippen LogP contribution in [0, 0.1) is 0 Å². The summed E-state index contributed by atoms with van der Waals surface area (Å²) in [7, 11) is 0. The van der Waals surface area contributed by atoms with E-state index in [1.165, 1.54) is 6.07 Å². The molecule has 0 radical (unpaired) electrons. The first kappa shape index (κ1) is 15.2. The van der Waals surface area contributed by atoms with Crippen LogP contribution in [0.15, 0.2) is 17.1 Å². The Morgan fingerprint density at radius 3 is 2.44 bits per heavy atom. The quantitative estimate of drug-likeness (QED) is 0.517. The van der Waals surface area contributed by atoms with Gasteiger partial charge in [-0.05, 0) is 6.07 Å². The fourth-order valence-corrected chi connectivity index (χ4v) is 1.42. The van der Waals surface area contributed by atoms with Crippen LogP contribution in [0.1, 0.15) is 0 Å². The summed E-state index contributed by atoms with van der Waals surface area (Å²) in [6.07, 6.45) is -4.88. The van der Waals surface area contributed by atoms with Crippen LogP contribution in [0.3, 0.4) is 0 Å². The molecule has 0 atom stereocenters. The van der Waals surface area contributed by atoms with Crippen molar-refractivity contribution in [2.24, 2.45) is 10.7 Å². The minimum absolute atomic E-state index is 0.0213. The molecule has 0 amide bonds. The lowest BCUT2D eigenvalue weighted by Crippen LogP contribution is -2.17. The number of halogens is 6. The van der Waals surface area contributed by atoms with Gasteiger partial charge in [-0.15, -0.1) is 24.8 Å². The van der Waals surface area contributed by atoms with Crippen molar-refractivity contribution in [3.8, 4) is 5.75 Å². The Kier molecular flexibility index (Phi) is 4.95. The molecule has 0 aliphatic heterocycles. The van der Waals surface area contributed by atoms with E-state index in [0.29, 0.717) is 0 Å². The molecule has 0 saturated carbocycles. The van der Waals surface area contributed by atoms with Crippen LogP contribution in [0.25, 0.3) is 0 Å². The van der Waals surface area contributed by atoms with Crippen LogP contribution in [0.4, 0.5) is 18.9 Å². The predicted molar refractivity (Wildman–Crippen MR) is 65.1 cm³/mol. The highest BCUT2D eigenvalue weighted by atomic mass is 35.5. The number of hydrogen-bond acceptors (Lipinski definition) is 2. The van der Waals surface area contributed by atoms with Crippen LogP contribution in [-0.2, 0) is 0 Å². The van der Waals surface area contributed by atoms with E-state index < -0.39 is 12.1 Å². The largest absolute Gasteiger partial charge is 0.573 e. The van der Waals surface area contributed by atoms with E-state index in [4.69, 9.17) is 40.5 Å². The molecule has 1 aromatic carbocycles. The van der Waals surface area contributed by atoms with Gasteiger partial charge in [0.25, 0.3) is 0 Å². The summed E-state index contributed by atoms with van der Waals surface area (Å²) >= 11 is 16.6. The fraction of sp³-hybridized carbons (Fsp3) is 0.222. The molecule has 0 unspecified atom stereocenters. The average molecular weight is 322 g/mol. The predicted octanol–water partition coefficient (Wildman–Crippen LogP) is 4.12. The van der Waals surface area contributed by atoms with E-state index in [2.05, 4.69) is 9.73 Å². The zero-order valence-corrected chi connectivity index (χ0v) is 10.8. The Hall–Kier alpha value is -0.850. The van der Waals surface area contributed by atoms with Gasteiger partial charge in [-0.2, -0.15) is 0 Å². The molecule has 0 aliphatic rings. The van der Waals surface area contributed by atoms with Crippen molar-refractivity contribution < 1.29 is 17.9 Å². The van der Waals surface area contributed by atoms with Crippen molar-refractivity contribution in [1.29, 1.82) is 0 Å². The van der Waals surface area contributed by atoms with Gasteiger partial charge in [0.1, 0.15) is 10.9 Å². The Balaban J connectivity index is 3.19. The van der Waals surface area contributed by atoms with Gasteiger partial charge in [-0.25, -0.2) is 4.99 Å². The number of amidine groups is 1. The Morgan fingerprint density at radius 1 is 1.33 bits per heavy atom. The Labute approximate surface area is 115 Å². The molecule has 0 aliphatic carbocycles. The van der Waals surface area contributed by atoms with Crippen LogP contribution < -0.4 is 10.5 Å². The van der Waals surface area contributed by atoms with Gasteiger partial charge in [0.2, 0.25) is 0 Å². The van der Waals surface area contributed by atoms with Gasteiger partial charge in [0.15, 0.2) is 5.75 Å². The van der Waals surface area contributed by atoms with Crippen LogP contribution >= 0.6 is 34.8 Å². The number of benzene rings is 1. The summed E-state index contributed by atoms with van der Waals surface area (Å²) < 4.78 is 40.0. The van der Waals surface area contributed by atoms with Gasteiger partial charge in [-0.1, -0.05) is 23.2 Å². The van der Waals surface area contributed by atoms with Crippen molar-refractivity contribution in [3.05, 3.63) is 22.2 Å². The van der Waals surface area contributed by atoms with E-state index in [1.807, 2.05) is 0 Å². The first-order valence-corrected chi connectivity index (χ1v) is 5.66. The number of hydrogen-bond donors (Lipinski definition) is 1. The normalized spacial score (nSPS) is 12.7. The Bertz CT molecular complexity index is 477. The number of ether oxygens (including phenoxy) is 1. The van der Waals surface area contributed by atoms with Gasteiger partial charge in [0.05, 0.1) is 16.6 Å². The van der Waals surface area contributed by atoms with Gasteiger partial charge >= 0.3 is 6.36 Å². The first-order valence-electron chi connectivity index (χ1n) is 4.36. The highest BCUT2D eigenvalue weighted by Crippen LogP contribution is 2.38. The zero-order chi connectivity index (χ0) is 13.9. The van der Waals surface area contributed by atoms with Crippen LogP contribution in [0.5, 0.6) is 5.75 Å². The van der Waals surface area contributed by atoms with E-state index in [1.54, 1.807) is 0 Å². The number of nitrogens with two attached hydrogens (primary N) is 1. The Morgan fingerprint density at radius 2 is 1.94 bits per heavy atom. The maximum atomic E-state index is 12.1. The zero-order valence-electron chi connectivity index (χ0n) is 8.56. The highest BCUT2D eigenvalue weighted by molar-refractivity contribution is 6.43. The maximum Gasteiger partial charge on any atom is 0.573 e. The smallest absolute Gasteiger partial charge is 0.404 e. The number of aliphatic imine (C=N–C) groups is 1. The average Bonchev–Trinajstić information content (AvgIpc) is 2.23. The van der Waals surface area contributed by atoms with Gasteiger partial charge in [-0.3, -0.25) is 0 Å². The van der Waals surface area contributed by atoms with E-state index in [9.17, 15) is 13.2 Å². The third-order valence-corrected chi connectivity index (χ3v) is 2.67. The molecule has 18 heavy (non-hydrogen) atoms. The fourth-order valence-electron chi connectivity index (χ4n) is 1.01. The molecule has 0 fully saturated rings. The molecule has 0 spiro atoms. The van der Waals surface area contributed by atoms with Crippen molar-refractivity contribution in [2.75, 3.05) is 5.88 Å². The summed E-state index contributed by atoms with van der Waals surface area (Å²) in [6, 6.07) is 2.20. The monoisotopic (exact) mass is 320 g/mol. The maximum absolute atomic E-state index is 12.1. The van der Waals surface area contributed by atoms with E-state index in [0.717, 1.165) is 6.07 Å². The standard InChI is InChI=1S/C9H6Cl3F3N2O/c10-3-7(16)17-4-1-5(11)8(12)6(2-4)18-9(13,14)15/h1-2H,3H2,(H2,16,17). The van der Waals surface area contributed by atoms with Crippen LogP contribution in [-0.4, -0.2) is 18.1 Å². The lowest BCUT2D eigenvalue weighted by Gasteiger charge is -2.11. The minimum Gasteiger partial charge on any atom is -0.404 e. The summed E-state index contributed by atoms with van der Waals surface area (Å²) in [4.78, 5) is 3.74. The second-order valence-electron chi connectivity index (χ2n) is 3.02. The van der Waals surface area contributed by atoms with E-state index >= 15 is 0 Å². The molecule has 2 N–H and O–H groups in total. The third-order valence-electron chi connectivity index (χ3n) is 1.61. The van der Waals surface area contributed by atoms with Gasteiger partial charge in [0, 0.05) is 6.07 Å². The summed E-state index contributed by atoms with van der Waals surface area (Å²) in [5, 5.41) is -0.503. The molecular formula is C9H6Cl3F3N2O. The number of alkyl halides is 4. The van der Waals surface area contributed by atoms with Crippen LogP contribution in [0.2, 0.25) is 10.0 Å². The van der Waals surface area contributed by atoms with Crippen molar-refractivity contribution in [2.45, 2.75) is 6.36 Å². The van der Waals surface area contributed by atoms with E-state index in [-0.39, 0.29) is 27.4 Å². The molecule has 0 heterocycles. The topological polar surface area (TPSA) is 47.6 Å². The number of nitrogens with zero attached hydrogens (tertiary/aromatic N) is 1. The lowest BCUT2D eigenvalue weighted by molar-refractivity contribution is -0.274. The second kappa shape index (κ2) is 5.86. The highest BCUT2D eigenvalue weighted by Gasteiger charge is 2.32. The SMILES string of the molecule is NC(CCl)=Nc1cc(Cl)c(Cl)c(OC(F)(F)F)c1.